The smallest absolute Gasteiger partial charge is 0.296 e. The second-order valence-electron chi connectivity index (χ2n) is 6.18. The predicted octanol–water partition coefficient (Wildman–Crippen LogP) is 1.48. The first-order valence-corrected chi connectivity index (χ1v) is 9.21. The zero-order chi connectivity index (χ0) is 18.3. The number of fused-ring (bicyclic) bond motifs is 1. The highest BCUT2D eigenvalue weighted by molar-refractivity contribution is 7.13. The number of aromatic amines is 1. The van der Waals surface area contributed by atoms with Crippen LogP contribution in [-0.4, -0.2) is 30.6 Å². The van der Waals surface area contributed by atoms with Crippen LogP contribution in [0.2, 0.25) is 0 Å². The molecule has 0 bridgehead atoms. The molecule has 0 atom stereocenters. The number of nitrogens with zero attached hydrogens (tertiary/aromatic N) is 4. The van der Waals surface area contributed by atoms with E-state index in [0.717, 1.165) is 18.5 Å². The van der Waals surface area contributed by atoms with Gasteiger partial charge in [-0.3, -0.25) is 24.5 Å². The van der Waals surface area contributed by atoms with Crippen LogP contribution in [-0.2, 0) is 6.54 Å². The van der Waals surface area contributed by atoms with Gasteiger partial charge in [0.2, 0.25) is 5.13 Å². The molecule has 1 aliphatic rings. The highest BCUT2D eigenvalue weighted by Gasteiger charge is 2.28. The Bertz CT molecular complexity index is 1100. The van der Waals surface area contributed by atoms with Crippen molar-refractivity contribution in [3.8, 4) is 0 Å². The normalized spacial score (nSPS) is 13.9. The van der Waals surface area contributed by atoms with Gasteiger partial charge in [0.1, 0.15) is 5.51 Å². The Labute approximate surface area is 151 Å². The van der Waals surface area contributed by atoms with Crippen molar-refractivity contribution in [3.63, 3.8) is 0 Å². The van der Waals surface area contributed by atoms with Crippen LogP contribution in [0.15, 0.2) is 21.2 Å². The Morgan fingerprint density at radius 1 is 1.42 bits per heavy atom. The first-order chi connectivity index (χ1) is 12.6. The number of hydrogen-bond donors (Lipinski definition) is 2. The third kappa shape index (κ3) is 2.92. The molecular weight excluding hydrogens is 356 g/mol. The minimum atomic E-state index is -0.616. The van der Waals surface area contributed by atoms with Crippen LogP contribution < -0.4 is 16.6 Å². The van der Waals surface area contributed by atoms with Crippen LogP contribution in [0.5, 0.6) is 0 Å². The van der Waals surface area contributed by atoms with E-state index < -0.39 is 17.2 Å². The number of amides is 1. The van der Waals surface area contributed by atoms with E-state index in [9.17, 15) is 14.4 Å². The Balaban J connectivity index is 1.95. The number of aryl methyl sites for hydroxylation is 1. The molecule has 0 saturated heterocycles. The number of hydrogen-bond acceptors (Lipinski definition) is 7. The zero-order valence-electron chi connectivity index (χ0n) is 14.0. The van der Waals surface area contributed by atoms with E-state index in [1.807, 2.05) is 6.92 Å². The van der Waals surface area contributed by atoms with Crippen molar-refractivity contribution in [2.24, 2.45) is 0 Å². The van der Waals surface area contributed by atoms with Gasteiger partial charge in [0, 0.05) is 18.2 Å². The summed E-state index contributed by atoms with van der Waals surface area (Å²) < 4.78 is 1.42. The number of aromatic nitrogens is 5. The minimum Gasteiger partial charge on any atom is -0.296 e. The Hall–Kier alpha value is -2.88. The van der Waals surface area contributed by atoms with Crippen LogP contribution in [0.4, 0.5) is 5.13 Å². The molecule has 26 heavy (non-hydrogen) atoms. The molecule has 0 aromatic carbocycles. The molecule has 4 rings (SSSR count). The predicted molar refractivity (Wildman–Crippen MR) is 96.8 cm³/mol. The number of rotatable bonds is 5. The van der Waals surface area contributed by atoms with Crippen LogP contribution in [0.25, 0.3) is 11.0 Å². The van der Waals surface area contributed by atoms with Crippen molar-refractivity contribution >= 4 is 33.4 Å². The number of nitrogens with one attached hydrogen (secondary N) is 2. The molecule has 1 fully saturated rings. The molecule has 0 unspecified atom stereocenters. The average Bonchev–Trinajstić information content (AvgIpc) is 3.35. The van der Waals surface area contributed by atoms with E-state index in [2.05, 4.69) is 25.5 Å². The monoisotopic (exact) mass is 372 g/mol. The zero-order valence-corrected chi connectivity index (χ0v) is 14.8. The van der Waals surface area contributed by atoms with Gasteiger partial charge in [-0.05, 0) is 25.3 Å². The van der Waals surface area contributed by atoms with E-state index in [-0.39, 0.29) is 22.5 Å². The lowest BCUT2D eigenvalue weighted by Gasteiger charge is -2.12. The fraction of sp³-hybridized carbons (Fsp3) is 0.375. The van der Waals surface area contributed by atoms with Crippen LogP contribution in [0.3, 0.4) is 0 Å². The first-order valence-electron chi connectivity index (χ1n) is 8.33. The van der Waals surface area contributed by atoms with Gasteiger partial charge in [0.25, 0.3) is 11.5 Å². The number of pyridine rings is 1. The van der Waals surface area contributed by atoms with Gasteiger partial charge in [-0.25, -0.2) is 9.78 Å². The van der Waals surface area contributed by atoms with Crippen molar-refractivity contribution in [2.45, 2.75) is 38.6 Å². The van der Waals surface area contributed by atoms with Crippen molar-refractivity contribution in [1.29, 1.82) is 0 Å². The van der Waals surface area contributed by atoms with Crippen molar-refractivity contribution in [3.05, 3.63) is 43.7 Å². The SMILES string of the molecule is CCCn1c(=O)[nH]c(=O)c2c(C(=O)Nc3nncs3)cc(C3CC3)nc21. The standard InChI is InChI=1S/C16H16N6O3S/c1-2-5-22-12-11(14(24)20-16(22)25)9(6-10(18-12)8-3-4-8)13(23)19-15-21-17-7-26-15/h6-8H,2-5H2,1H3,(H,19,21,23)(H,20,24,25). The molecule has 3 heterocycles. The molecular formula is C16H16N6O3S. The molecule has 134 valence electrons. The lowest BCUT2D eigenvalue weighted by Crippen LogP contribution is -2.32. The Morgan fingerprint density at radius 3 is 2.88 bits per heavy atom. The topological polar surface area (TPSA) is 123 Å². The molecule has 1 saturated carbocycles. The molecule has 1 aliphatic carbocycles. The molecule has 0 radical (unpaired) electrons. The summed E-state index contributed by atoms with van der Waals surface area (Å²) in [5.41, 5.74) is 1.55. The van der Waals surface area contributed by atoms with Crippen molar-refractivity contribution < 1.29 is 4.79 Å². The summed E-state index contributed by atoms with van der Waals surface area (Å²) in [6.07, 6.45) is 2.66. The van der Waals surface area contributed by atoms with Crippen LogP contribution in [0.1, 0.15) is 48.2 Å². The third-order valence-electron chi connectivity index (χ3n) is 4.24. The minimum absolute atomic E-state index is 0.115. The summed E-state index contributed by atoms with van der Waals surface area (Å²) in [6.45, 7) is 2.34. The van der Waals surface area contributed by atoms with Crippen molar-refractivity contribution in [1.82, 2.24) is 24.7 Å². The van der Waals surface area contributed by atoms with E-state index >= 15 is 0 Å². The van der Waals surface area contributed by atoms with Crippen molar-refractivity contribution in [2.75, 3.05) is 5.32 Å². The summed E-state index contributed by atoms with van der Waals surface area (Å²) in [5.74, 6) is -0.208. The first kappa shape index (κ1) is 16.6. The third-order valence-corrected chi connectivity index (χ3v) is 4.84. The number of carbonyl (C=O) groups excluding carboxylic acids is 1. The lowest BCUT2D eigenvalue weighted by molar-refractivity contribution is 0.102. The highest BCUT2D eigenvalue weighted by atomic mass is 32.1. The maximum atomic E-state index is 12.8. The molecule has 9 nitrogen and oxygen atoms in total. The number of carbonyl (C=O) groups is 1. The maximum Gasteiger partial charge on any atom is 0.329 e. The molecule has 3 aromatic rings. The largest absolute Gasteiger partial charge is 0.329 e. The molecule has 0 spiro atoms. The van der Waals surface area contributed by atoms with E-state index in [1.165, 1.54) is 21.4 Å². The van der Waals surface area contributed by atoms with Gasteiger partial charge < -0.3 is 0 Å². The van der Waals surface area contributed by atoms with Gasteiger partial charge in [-0.2, -0.15) is 0 Å². The second-order valence-corrected chi connectivity index (χ2v) is 7.01. The summed E-state index contributed by atoms with van der Waals surface area (Å²) in [7, 11) is 0. The van der Waals surface area contributed by atoms with Gasteiger partial charge in [-0.15, -0.1) is 10.2 Å². The van der Waals surface area contributed by atoms with Crippen LogP contribution >= 0.6 is 11.3 Å². The molecule has 2 N–H and O–H groups in total. The molecule has 3 aromatic heterocycles. The van der Waals surface area contributed by atoms with Gasteiger partial charge in [0.05, 0.1) is 10.9 Å². The van der Waals surface area contributed by atoms with Gasteiger partial charge in [-0.1, -0.05) is 18.3 Å². The van der Waals surface area contributed by atoms with E-state index in [0.29, 0.717) is 18.1 Å². The van der Waals surface area contributed by atoms with E-state index in [1.54, 1.807) is 6.07 Å². The Kier molecular flexibility index (Phi) is 4.11. The number of H-pyrrole nitrogens is 1. The fourth-order valence-electron chi connectivity index (χ4n) is 2.88. The summed E-state index contributed by atoms with van der Waals surface area (Å²) in [5, 5.41) is 10.6. The highest BCUT2D eigenvalue weighted by Crippen LogP contribution is 2.40. The van der Waals surface area contributed by atoms with Crippen LogP contribution in [0, 0.1) is 0 Å². The van der Waals surface area contributed by atoms with Gasteiger partial charge in [0.15, 0.2) is 5.65 Å². The second kappa shape index (κ2) is 6.45. The fourth-order valence-corrected chi connectivity index (χ4v) is 3.32. The summed E-state index contributed by atoms with van der Waals surface area (Å²) in [6, 6.07) is 1.65. The summed E-state index contributed by atoms with van der Waals surface area (Å²) >= 11 is 1.18. The van der Waals surface area contributed by atoms with E-state index in [4.69, 9.17) is 0 Å². The quantitative estimate of drug-likeness (QED) is 0.699. The molecule has 0 aliphatic heterocycles. The lowest BCUT2D eigenvalue weighted by atomic mass is 10.1. The summed E-state index contributed by atoms with van der Waals surface area (Å²) in [4.78, 5) is 44.3. The average molecular weight is 372 g/mol. The maximum absolute atomic E-state index is 12.8. The molecule has 1 amide bonds. The Morgan fingerprint density at radius 2 is 2.23 bits per heavy atom. The number of anilines is 1. The van der Waals surface area contributed by atoms with Gasteiger partial charge >= 0.3 is 5.69 Å². The molecule has 10 heteroatoms.